The molecule has 0 saturated carbocycles. The van der Waals surface area contributed by atoms with E-state index in [4.69, 9.17) is 5.11 Å². The van der Waals surface area contributed by atoms with Crippen molar-refractivity contribution in [3.63, 3.8) is 0 Å². The molecule has 0 aliphatic heterocycles. The molecule has 1 rings (SSSR count). The van der Waals surface area contributed by atoms with Crippen LogP contribution in [0.1, 0.15) is 30.6 Å². The molecule has 0 aromatic heterocycles. The lowest BCUT2D eigenvalue weighted by atomic mass is 10.1. The van der Waals surface area contributed by atoms with E-state index in [1.54, 1.807) is 6.92 Å². The summed E-state index contributed by atoms with van der Waals surface area (Å²) in [5, 5.41) is 21.0. The highest BCUT2D eigenvalue weighted by molar-refractivity contribution is 5.98. The summed E-state index contributed by atoms with van der Waals surface area (Å²) < 4.78 is 0. The molecule has 3 N–H and O–H groups in total. The lowest BCUT2D eigenvalue weighted by Crippen LogP contribution is -2.20. The van der Waals surface area contributed by atoms with Gasteiger partial charge in [0.15, 0.2) is 5.75 Å². The zero-order valence-corrected chi connectivity index (χ0v) is 9.73. The Labute approximate surface area is 99.1 Å². The Kier molecular flexibility index (Phi) is 4.09. The van der Waals surface area contributed by atoms with Gasteiger partial charge >= 0.3 is 5.97 Å². The second-order valence-electron chi connectivity index (χ2n) is 3.81. The molecule has 0 saturated heterocycles. The van der Waals surface area contributed by atoms with Gasteiger partial charge in [-0.1, -0.05) is 19.9 Å². The Bertz CT molecular complexity index is 442. The van der Waals surface area contributed by atoms with E-state index in [1.165, 1.54) is 18.2 Å². The number of aromatic carboxylic acids is 1. The van der Waals surface area contributed by atoms with Crippen molar-refractivity contribution in [3.05, 3.63) is 23.8 Å². The number of carbonyl (C=O) groups excluding carboxylic acids is 1. The van der Waals surface area contributed by atoms with Crippen LogP contribution in [0.25, 0.3) is 0 Å². The highest BCUT2D eigenvalue weighted by atomic mass is 16.4. The molecule has 1 aromatic carbocycles. The van der Waals surface area contributed by atoms with Crippen molar-refractivity contribution in [2.24, 2.45) is 5.92 Å². The maximum Gasteiger partial charge on any atom is 0.339 e. The fraction of sp³-hybridized carbons (Fsp3) is 0.333. The van der Waals surface area contributed by atoms with E-state index < -0.39 is 11.7 Å². The first kappa shape index (κ1) is 13.0. The van der Waals surface area contributed by atoms with Crippen molar-refractivity contribution in [1.82, 2.24) is 0 Å². The molecule has 1 unspecified atom stereocenters. The minimum atomic E-state index is -1.23. The van der Waals surface area contributed by atoms with Crippen molar-refractivity contribution in [2.45, 2.75) is 20.3 Å². The first-order valence-electron chi connectivity index (χ1n) is 5.33. The van der Waals surface area contributed by atoms with E-state index in [-0.39, 0.29) is 23.1 Å². The zero-order valence-electron chi connectivity index (χ0n) is 9.73. The third kappa shape index (κ3) is 2.96. The van der Waals surface area contributed by atoms with Crippen molar-refractivity contribution in [2.75, 3.05) is 5.32 Å². The van der Waals surface area contributed by atoms with Crippen molar-refractivity contribution in [1.29, 1.82) is 0 Å². The van der Waals surface area contributed by atoms with Crippen LogP contribution in [-0.2, 0) is 4.79 Å². The van der Waals surface area contributed by atoms with Gasteiger partial charge in [-0.15, -0.1) is 0 Å². The molecule has 0 aliphatic carbocycles. The van der Waals surface area contributed by atoms with Gasteiger partial charge in [0, 0.05) is 5.92 Å². The summed E-state index contributed by atoms with van der Waals surface area (Å²) in [6.45, 7) is 3.63. The van der Waals surface area contributed by atoms with E-state index in [1.807, 2.05) is 6.92 Å². The number of hydrogen-bond acceptors (Lipinski definition) is 3. The third-order valence-corrected chi connectivity index (χ3v) is 2.58. The average Bonchev–Trinajstić information content (AvgIpc) is 2.30. The van der Waals surface area contributed by atoms with Crippen LogP contribution in [0.15, 0.2) is 18.2 Å². The van der Waals surface area contributed by atoms with Crippen molar-refractivity contribution >= 4 is 17.6 Å². The molecule has 0 aliphatic rings. The number of carbonyl (C=O) groups is 2. The quantitative estimate of drug-likeness (QED) is 0.700. The summed E-state index contributed by atoms with van der Waals surface area (Å²) in [7, 11) is 0. The number of phenols is 1. The van der Waals surface area contributed by atoms with Gasteiger partial charge in [-0.05, 0) is 18.6 Å². The van der Waals surface area contributed by atoms with E-state index in [2.05, 4.69) is 5.32 Å². The molecule has 92 valence electrons. The molecule has 0 radical (unpaired) electrons. The van der Waals surface area contributed by atoms with E-state index in [9.17, 15) is 14.7 Å². The molecule has 5 nitrogen and oxygen atoms in total. The van der Waals surface area contributed by atoms with Crippen LogP contribution in [0.2, 0.25) is 0 Å². The van der Waals surface area contributed by atoms with Crippen LogP contribution in [0.3, 0.4) is 0 Å². The summed E-state index contributed by atoms with van der Waals surface area (Å²) in [5.74, 6) is -2.09. The molecule has 17 heavy (non-hydrogen) atoms. The number of rotatable bonds is 4. The average molecular weight is 237 g/mol. The van der Waals surface area contributed by atoms with Crippen LogP contribution in [0.5, 0.6) is 5.75 Å². The lowest BCUT2D eigenvalue weighted by molar-refractivity contribution is -0.119. The zero-order chi connectivity index (χ0) is 13.0. The van der Waals surface area contributed by atoms with Crippen LogP contribution in [0, 0.1) is 5.92 Å². The maximum absolute atomic E-state index is 11.6. The Morgan fingerprint density at radius 2 is 2.06 bits per heavy atom. The van der Waals surface area contributed by atoms with E-state index >= 15 is 0 Å². The number of amides is 1. The van der Waals surface area contributed by atoms with E-state index in [0.717, 1.165) is 0 Å². The molecule has 5 heteroatoms. The Morgan fingerprint density at radius 1 is 1.41 bits per heavy atom. The number of anilines is 1. The molecule has 0 heterocycles. The van der Waals surface area contributed by atoms with Gasteiger partial charge in [-0.25, -0.2) is 4.79 Å². The van der Waals surface area contributed by atoms with Gasteiger partial charge in [-0.2, -0.15) is 0 Å². The van der Waals surface area contributed by atoms with Crippen LogP contribution in [0.4, 0.5) is 5.69 Å². The predicted octanol–water partition coefficient (Wildman–Crippen LogP) is 2.07. The summed E-state index contributed by atoms with van der Waals surface area (Å²) >= 11 is 0. The van der Waals surface area contributed by atoms with Crippen LogP contribution >= 0.6 is 0 Å². The van der Waals surface area contributed by atoms with Crippen molar-refractivity contribution in [3.8, 4) is 5.75 Å². The monoisotopic (exact) mass is 237 g/mol. The molecule has 1 aromatic rings. The van der Waals surface area contributed by atoms with Gasteiger partial charge in [0.1, 0.15) is 5.56 Å². The number of carboxylic acid groups (broad SMARTS) is 1. The number of benzene rings is 1. The standard InChI is InChI=1S/C12H15NO4/c1-3-7(2)11(15)13-9-6-4-5-8(10(9)14)12(16)17/h4-7,14H,3H2,1-2H3,(H,13,15)(H,16,17). The van der Waals surface area contributed by atoms with Crippen molar-refractivity contribution < 1.29 is 19.8 Å². The molecule has 0 bridgehead atoms. The summed E-state index contributed by atoms with van der Waals surface area (Å²) in [6, 6.07) is 4.20. The SMILES string of the molecule is CCC(C)C(=O)Nc1cccc(C(=O)O)c1O. The number of para-hydroxylation sites is 1. The van der Waals surface area contributed by atoms with Gasteiger partial charge in [0.25, 0.3) is 0 Å². The molecule has 1 atom stereocenters. The minimum Gasteiger partial charge on any atom is -0.505 e. The number of hydrogen-bond donors (Lipinski definition) is 3. The topological polar surface area (TPSA) is 86.6 Å². The smallest absolute Gasteiger partial charge is 0.339 e. The molecular weight excluding hydrogens is 222 g/mol. The molecule has 0 spiro atoms. The molecular formula is C12H15NO4. The Hall–Kier alpha value is -2.04. The number of carboxylic acids is 1. The van der Waals surface area contributed by atoms with Crippen LogP contribution in [-0.4, -0.2) is 22.1 Å². The van der Waals surface area contributed by atoms with E-state index in [0.29, 0.717) is 6.42 Å². The third-order valence-electron chi connectivity index (χ3n) is 2.58. The van der Waals surface area contributed by atoms with Gasteiger partial charge in [-0.3, -0.25) is 4.79 Å². The largest absolute Gasteiger partial charge is 0.505 e. The van der Waals surface area contributed by atoms with Gasteiger partial charge in [0.2, 0.25) is 5.91 Å². The maximum atomic E-state index is 11.6. The van der Waals surface area contributed by atoms with Crippen LogP contribution < -0.4 is 5.32 Å². The Morgan fingerprint density at radius 3 is 2.59 bits per heavy atom. The predicted molar refractivity (Wildman–Crippen MR) is 63.2 cm³/mol. The first-order valence-corrected chi connectivity index (χ1v) is 5.33. The summed E-state index contributed by atoms with van der Waals surface area (Å²) in [6.07, 6.45) is 0.672. The summed E-state index contributed by atoms with van der Waals surface area (Å²) in [5.41, 5.74) is -0.109. The number of aromatic hydroxyl groups is 1. The normalized spacial score (nSPS) is 11.9. The fourth-order valence-electron chi connectivity index (χ4n) is 1.26. The van der Waals surface area contributed by atoms with Gasteiger partial charge < -0.3 is 15.5 Å². The highest BCUT2D eigenvalue weighted by Gasteiger charge is 2.16. The second-order valence-corrected chi connectivity index (χ2v) is 3.81. The summed E-state index contributed by atoms with van der Waals surface area (Å²) in [4.78, 5) is 22.4. The number of nitrogens with one attached hydrogen (secondary N) is 1. The molecule has 1 amide bonds. The van der Waals surface area contributed by atoms with Gasteiger partial charge in [0.05, 0.1) is 5.69 Å². The highest BCUT2D eigenvalue weighted by Crippen LogP contribution is 2.27. The Balaban J connectivity index is 2.96. The minimum absolute atomic E-state index is 0.121. The molecule has 0 fully saturated rings. The lowest BCUT2D eigenvalue weighted by Gasteiger charge is -2.12. The second kappa shape index (κ2) is 5.34. The first-order chi connectivity index (χ1) is 7.97. The fourth-order valence-corrected chi connectivity index (χ4v) is 1.26.